The average Bonchev–Trinajstić information content (AvgIpc) is 2.48. The smallest absolute Gasteiger partial charge is 0.259 e. The molecule has 0 saturated heterocycles. The highest BCUT2D eigenvalue weighted by atomic mass is 35.5. The third-order valence-electron chi connectivity index (χ3n) is 2.99. The standard InChI is InChI=1S/C13H12ClN3O2S2/c14-9-6-11-12(7-10(9)17-21(18)19)20-16-13(15-11)8-4-2-1-3-5-8/h1-7,13,15-17H,(H,18,19). The Bertz CT molecular complexity index is 685. The number of benzene rings is 2. The van der Waals surface area contributed by atoms with E-state index in [4.69, 9.17) is 16.2 Å². The second-order valence-corrected chi connectivity index (χ2v) is 6.38. The molecule has 0 aliphatic carbocycles. The number of halogens is 1. The van der Waals surface area contributed by atoms with Crippen molar-refractivity contribution in [2.45, 2.75) is 11.1 Å². The average molecular weight is 342 g/mol. The summed E-state index contributed by atoms with van der Waals surface area (Å²) < 4.78 is 25.4. The first-order valence-electron chi connectivity index (χ1n) is 6.08. The van der Waals surface area contributed by atoms with E-state index in [-0.39, 0.29) is 6.17 Å². The van der Waals surface area contributed by atoms with E-state index in [0.717, 1.165) is 16.1 Å². The lowest BCUT2D eigenvalue weighted by atomic mass is 10.1. The molecule has 5 nitrogen and oxygen atoms in total. The zero-order chi connectivity index (χ0) is 14.8. The van der Waals surface area contributed by atoms with Crippen LogP contribution in [0.25, 0.3) is 0 Å². The molecule has 0 radical (unpaired) electrons. The molecule has 0 spiro atoms. The Kier molecular flexibility index (Phi) is 4.37. The molecule has 0 bridgehead atoms. The predicted octanol–water partition coefficient (Wildman–Crippen LogP) is 3.61. The molecule has 8 heteroatoms. The third kappa shape index (κ3) is 3.33. The molecule has 110 valence electrons. The third-order valence-corrected chi connectivity index (χ3v) is 4.60. The Balaban J connectivity index is 1.87. The van der Waals surface area contributed by atoms with Crippen LogP contribution in [0.15, 0.2) is 47.4 Å². The summed E-state index contributed by atoms with van der Waals surface area (Å²) in [6.45, 7) is 0. The minimum Gasteiger partial charge on any atom is -0.364 e. The van der Waals surface area contributed by atoms with Crippen molar-refractivity contribution in [2.24, 2.45) is 0 Å². The van der Waals surface area contributed by atoms with Gasteiger partial charge >= 0.3 is 0 Å². The van der Waals surface area contributed by atoms with E-state index in [1.54, 1.807) is 12.1 Å². The summed E-state index contributed by atoms with van der Waals surface area (Å²) in [5.74, 6) is 0. The first-order chi connectivity index (χ1) is 10.1. The molecule has 1 aliphatic rings. The number of hydrogen-bond donors (Lipinski definition) is 4. The van der Waals surface area contributed by atoms with Crippen LogP contribution in [-0.4, -0.2) is 8.76 Å². The van der Waals surface area contributed by atoms with E-state index in [1.807, 2.05) is 30.3 Å². The molecule has 21 heavy (non-hydrogen) atoms. The van der Waals surface area contributed by atoms with Gasteiger partial charge in [-0.15, -0.1) is 0 Å². The fourth-order valence-electron chi connectivity index (χ4n) is 2.03. The quantitative estimate of drug-likeness (QED) is 0.507. The first kappa shape index (κ1) is 14.7. The largest absolute Gasteiger partial charge is 0.364 e. The first-order valence-corrected chi connectivity index (χ1v) is 8.38. The molecular formula is C13H12ClN3O2S2. The minimum absolute atomic E-state index is 0.0226. The fourth-order valence-corrected chi connectivity index (χ4v) is 3.50. The molecule has 1 aliphatic heterocycles. The van der Waals surface area contributed by atoms with Gasteiger partial charge in [0.1, 0.15) is 6.17 Å². The van der Waals surface area contributed by atoms with Crippen LogP contribution in [0.1, 0.15) is 11.7 Å². The summed E-state index contributed by atoms with van der Waals surface area (Å²) in [7, 11) is 0. The van der Waals surface area contributed by atoms with Crippen LogP contribution in [0.3, 0.4) is 0 Å². The Morgan fingerprint density at radius 3 is 2.76 bits per heavy atom. The molecular weight excluding hydrogens is 330 g/mol. The summed E-state index contributed by atoms with van der Waals surface area (Å²) in [6.07, 6.45) is -0.0226. The maximum absolute atomic E-state index is 10.8. The van der Waals surface area contributed by atoms with Crippen LogP contribution in [0.5, 0.6) is 0 Å². The van der Waals surface area contributed by atoms with Crippen LogP contribution >= 0.6 is 23.5 Å². The van der Waals surface area contributed by atoms with Crippen molar-refractivity contribution in [3.63, 3.8) is 0 Å². The lowest BCUT2D eigenvalue weighted by molar-refractivity contribution is 0.570. The van der Waals surface area contributed by atoms with Gasteiger partial charge in [0.05, 0.1) is 16.4 Å². The van der Waals surface area contributed by atoms with Crippen molar-refractivity contribution in [3.8, 4) is 0 Å². The van der Waals surface area contributed by atoms with Crippen molar-refractivity contribution >= 4 is 46.2 Å². The highest BCUT2D eigenvalue weighted by Crippen LogP contribution is 2.39. The van der Waals surface area contributed by atoms with Gasteiger partial charge in [0, 0.05) is 4.90 Å². The molecule has 0 saturated carbocycles. The van der Waals surface area contributed by atoms with Crippen LogP contribution < -0.4 is 14.8 Å². The second kappa shape index (κ2) is 6.25. The fraction of sp³-hybridized carbons (Fsp3) is 0.0769. The molecule has 3 rings (SSSR count). The van der Waals surface area contributed by atoms with Gasteiger partial charge in [0.25, 0.3) is 11.3 Å². The van der Waals surface area contributed by atoms with Crippen molar-refractivity contribution in [1.29, 1.82) is 0 Å². The van der Waals surface area contributed by atoms with Gasteiger partial charge in [-0.05, 0) is 29.6 Å². The van der Waals surface area contributed by atoms with Gasteiger partial charge in [-0.2, -0.15) is 0 Å². The Hall–Kier alpha value is -1.25. The van der Waals surface area contributed by atoms with Crippen LogP contribution in [-0.2, 0) is 11.3 Å². The zero-order valence-corrected chi connectivity index (χ0v) is 13.1. The molecule has 0 aromatic heterocycles. The van der Waals surface area contributed by atoms with Crippen LogP contribution in [0, 0.1) is 0 Å². The van der Waals surface area contributed by atoms with Gasteiger partial charge in [0.15, 0.2) is 0 Å². The Morgan fingerprint density at radius 2 is 2.05 bits per heavy atom. The van der Waals surface area contributed by atoms with E-state index in [1.165, 1.54) is 11.9 Å². The molecule has 2 atom stereocenters. The number of anilines is 2. The predicted molar refractivity (Wildman–Crippen MR) is 87.6 cm³/mol. The van der Waals surface area contributed by atoms with E-state index < -0.39 is 11.3 Å². The second-order valence-electron chi connectivity index (χ2n) is 4.39. The van der Waals surface area contributed by atoms with Crippen molar-refractivity contribution in [1.82, 2.24) is 4.72 Å². The van der Waals surface area contributed by atoms with Gasteiger partial charge in [-0.1, -0.05) is 41.9 Å². The highest BCUT2D eigenvalue weighted by molar-refractivity contribution is 7.97. The van der Waals surface area contributed by atoms with Crippen LogP contribution in [0.4, 0.5) is 11.4 Å². The van der Waals surface area contributed by atoms with Gasteiger partial charge in [-0.25, -0.2) is 8.93 Å². The van der Waals surface area contributed by atoms with E-state index >= 15 is 0 Å². The lowest BCUT2D eigenvalue weighted by Crippen LogP contribution is -2.26. The molecule has 2 aromatic carbocycles. The van der Waals surface area contributed by atoms with Crippen molar-refractivity contribution in [3.05, 3.63) is 53.1 Å². The van der Waals surface area contributed by atoms with Gasteiger partial charge in [-0.3, -0.25) is 9.27 Å². The van der Waals surface area contributed by atoms with Gasteiger partial charge in [0.2, 0.25) is 0 Å². The topological polar surface area (TPSA) is 73.4 Å². The van der Waals surface area contributed by atoms with E-state index in [0.29, 0.717) is 10.7 Å². The van der Waals surface area contributed by atoms with Gasteiger partial charge < -0.3 is 5.32 Å². The molecule has 0 fully saturated rings. The number of fused-ring (bicyclic) bond motifs is 1. The maximum atomic E-state index is 10.8. The molecule has 1 heterocycles. The minimum atomic E-state index is -2.15. The lowest BCUT2D eigenvalue weighted by Gasteiger charge is -2.28. The highest BCUT2D eigenvalue weighted by Gasteiger charge is 2.21. The number of nitrogens with one attached hydrogen (secondary N) is 3. The zero-order valence-electron chi connectivity index (χ0n) is 10.7. The summed E-state index contributed by atoms with van der Waals surface area (Å²) in [5, 5.41) is 3.74. The maximum Gasteiger partial charge on any atom is 0.259 e. The normalized spacial score (nSPS) is 18.5. The van der Waals surface area contributed by atoms with Crippen molar-refractivity contribution in [2.75, 3.05) is 10.0 Å². The molecule has 0 amide bonds. The summed E-state index contributed by atoms with van der Waals surface area (Å²) >= 11 is 5.42. The Labute approximate surface area is 134 Å². The Morgan fingerprint density at radius 1 is 1.29 bits per heavy atom. The summed E-state index contributed by atoms with van der Waals surface area (Å²) in [6, 6.07) is 13.5. The molecule has 4 N–H and O–H groups in total. The molecule has 2 unspecified atom stereocenters. The van der Waals surface area contributed by atoms with E-state index in [2.05, 4.69) is 14.8 Å². The summed E-state index contributed by atoms with van der Waals surface area (Å²) in [5.41, 5.74) is 2.42. The number of hydrogen-bond acceptors (Lipinski definition) is 4. The van der Waals surface area contributed by atoms with Crippen molar-refractivity contribution < 1.29 is 8.76 Å². The number of rotatable bonds is 3. The summed E-state index contributed by atoms with van der Waals surface area (Å²) in [4.78, 5) is 0.902. The SMILES string of the molecule is O=S(O)Nc1cc2c(cc1Cl)NC(c1ccccc1)NS2. The monoisotopic (exact) mass is 341 g/mol. The van der Waals surface area contributed by atoms with Crippen LogP contribution in [0.2, 0.25) is 5.02 Å². The molecule has 2 aromatic rings. The van der Waals surface area contributed by atoms with E-state index in [9.17, 15) is 4.21 Å².